The Bertz CT molecular complexity index is 1410. The summed E-state index contributed by atoms with van der Waals surface area (Å²) in [5.41, 5.74) is 2.51. The molecule has 0 spiro atoms. The maximum Gasteiger partial charge on any atom is 0.488 e. The van der Waals surface area contributed by atoms with Crippen LogP contribution in [0.4, 0.5) is 0 Å². The molecule has 172 valence electrons. The van der Waals surface area contributed by atoms with Crippen molar-refractivity contribution in [1.29, 1.82) is 5.26 Å². The largest absolute Gasteiger partial charge is 0.488 e. The Morgan fingerprint density at radius 3 is 1.36 bits per heavy atom. The van der Waals surface area contributed by atoms with Crippen molar-refractivity contribution in [2.45, 2.75) is 0 Å². The molecule has 0 bridgehead atoms. The van der Waals surface area contributed by atoms with Crippen LogP contribution in [0.25, 0.3) is 11.1 Å². The second-order valence-corrected chi connectivity index (χ2v) is 12.4. The lowest BCUT2D eigenvalue weighted by Gasteiger charge is -2.37. The number of rotatable bonds is 6. The summed E-state index contributed by atoms with van der Waals surface area (Å²) >= 11 is 0. The first-order chi connectivity index (χ1) is 17.7. The second kappa shape index (κ2) is 10.2. The van der Waals surface area contributed by atoms with E-state index < -0.39 is 15.2 Å². The molecule has 5 rings (SSSR count). The topological polar surface area (TPSA) is 64.2 Å². The summed E-state index contributed by atoms with van der Waals surface area (Å²) in [6.07, 6.45) is 0. The Labute approximate surface area is 212 Å². The highest BCUT2D eigenvalue weighted by Crippen LogP contribution is 2.24. The molecule has 0 atom stereocenters. The number of nitriles is 1. The van der Waals surface area contributed by atoms with Gasteiger partial charge in [-0.25, -0.2) is 0 Å². The fourth-order valence-electron chi connectivity index (χ4n) is 5.21. The number of hydrogen-bond acceptors (Lipinski definition) is 3. The quantitative estimate of drug-likeness (QED) is 0.289. The lowest BCUT2D eigenvalue weighted by molar-refractivity contribution is 0.426. The number of hydrogen-bond donors (Lipinski definition) is 2. The smallest absolute Gasteiger partial charge is 0.423 e. The molecular weight excluding hydrogens is 457 g/mol. The number of nitrogens with zero attached hydrogens (tertiary/aromatic N) is 1. The minimum absolute atomic E-state index is 0.356. The van der Waals surface area contributed by atoms with Crippen LogP contribution < -0.4 is 26.2 Å². The zero-order valence-corrected chi connectivity index (χ0v) is 20.6. The van der Waals surface area contributed by atoms with E-state index in [9.17, 15) is 15.3 Å². The second-order valence-electron chi connectivity index (χ2n) is 8.65. The van der Waals surface area contributed by atoms with E-state index in [1.54, 1.807) is 6.07 Å². The Hall–Kier alpha value is -4.21. The van der Waals surface area contributed by atoms with E-state index in [-0.39, 0.29) is 0 Å². The summed E-state index contributed by atoms with van der Waals surface area (Å²) in [5, 5.41) is 35.9. The Morgan fingerprint density at radius 1 is 0.556 bits per heavy atom. The molecule has 0 unspecified atom stereocenters. The maximum atomic E-state index is 10.7. The molecule has 0 aromatic heterocycles. The molecular formula is C31H24BNO2Si. The van der Waals surface area contributed by atoms with Crippen LogP contribution in [0.3, 0.4) is 0 Å². The minimum Gasteiger partial charge on any atom is -0.423 e. The van der Waals surface area contributed by atoms with Crippen molar-refractivity contribution in [2.75, 3.05) is 0 Å². The fourth-order valence-corrected chi connectivity index (χ4v) is 10.4. The van der Waals surface area contributed by atoms with Gasteiger partial charge in [0.1, 0.15) is 0 Å². The average molecular weight is 481 g/mol. The van der Waals surface area contributed by atoms with E-state index in [1.807, 2.05) is 91.0 Å². The summed E-state index contributed by atoms with van der Waals surface area (Å²) in [4.78, 5) is 0. The molecule has 0 amide bonds. The van der Waals surface area contributed by atoms with Gasteiger partial charge in [-0.1, -0.05) is 133 Å². The fraction of sp³-hybridized carbons (Fsp3) is 0. The predicted octanol–water partition coefficient (Wildman–Crippen LogP) is 2.28. The summed E-state index contributed by atoms with van der Waals surface area (Å²) in [7, 11) is -4.92. The van der Waals surface area contributed by atoms with Crippen LogP contribution in [0, 0.1) is 11.3 Å². The van der Waals surface area contributed by atoms with Gasteiger partial charge in [0.25, 0.3) is 0 Å². The van der Waals surface area contributed by atoms with E-state index in [4.69, 9.17) is 0 Å². The van der Waals surface area contributed by atoms with Crippen LogP contribution in [0.15, 0.2) is 133 Å². The lowest BCUT2D eigenvalue weighted by Crippen LogP contribution is -2.79. The minimum atomic E-state index is -3.18. The molecule has 0 aliphatic rings. The van der Waals surface area contributed by atoms with E-state index in [0.717, 1.165) is 26.7 Å². The highest BCUT2D eigenvalue weighted by Gasteiger charge is 2.46. The molecule has 0 saturated carbocycles. The third-order valence-electron chi connectivity index (χ3n) is 6.71. The van der Waals surface area contributed by atoms with E-state index in [2.05, 4.69) is 42.5 Å². The van der Waals surface area contributed by atoms with Crippen molar-refractivity contribution >= 4 is 41.4 Å². The predicted molar refractivity (Wildman–Crippen MR) is 150 cm³/mol. The van der Waals surface area contributed by atoms with E-state index in [0.29, 0.717) is 16.2 Å². The first kappa shape index (κ1) is 23.5. The van der Waals surface area contributed by atoms with Gasteiger partial charge in [0, 0.05) is 0 Å². The van der Waals surface area contributed by atoms with Gasteiger partial charge in [-0.2, -0.15) is 5.26 Å². The first-order valence-electron chi connectivity index (χ1n) is 11.8. The molecule has 36 heavy (non-hydrogen) atoms. The monoisotopic (exact) mass is 481 g/mol. The van der Waals surface area contributed by atoms with Gasteiger partial charge < -0.3 is 10.0 Å². The third-order valence-corrected chi connectivity index (χ3v) is 11.6. The van der Waals surface area contributed by atoms with Crippen molar-refractivity contribution in [3.05, 3.63) is 139 Å². The summed E-state index contributed by atoms with van der Waals surface area (Å²) in [5.74, 6) is 0. The highest BCUT2D eigenvalue weighted by molar-refractivity contribution is 7.21. The zero-order chi connectivity index (χ0) is 25.0. The molecule has 0 radical (unpaired) electrons. The van der Waals surface area contributed by atoms with Gasteiger partial charge in [0.05, 0.1) is 11.6 Å². The third kappa shape index (κ3) is 3.98. The van der Waals surface area contributed by atoms with E-state index in [1.165, 1.54) is 0 Å². The van der Waals surface area contributed by atoms with Crippen LogP contribution in [0.2, 0.25) is 0 Å². The molecule has 0 aliphatic carbocycles. The number of benzene rings is 5. The van der Waals surface area contributed by atoms with Crippen molar-refractivity contribution in [3.63, 3.8) is 0 Å². The first-order valence-corrected chi connectivity index (χ1v) is 13.8. The Morgan fingerprint density at radius 2 is 0.972 bits per heavy atom. The SMILES string of the molecule is N#Cc1c(-c2ccccc2)ccc(B(O)O)c1[Si](c1ccccc1)(c1ccccc1)c1ccccc1. The molecule has 0 saturated heterocycles. The van der Waals surface area contributed by atoms with Crippen molar-refractivity contribution in [1.82, 2.24) is 0 Å². The molecule has 0 heterocycles. The average Bonchev–Trinajstić information content (AvgIpc) is 2.95. The maximum absolute atomic E-state index is 10.7. The molecule has 0 aliphatic heterocycles. The summed E-state index contributed by atoms with van der Waals surface area (Å²) < 4.78 is 0. The van der Waals surface area contributed by atoms with Gasteiger partial charge in [-0.05, 0) is 37.3 Å². The van der Waals surface area contributed by atoms with Crippen LogP contribution in [-0.2, 0) is 0 Å². The molecule has 5 aromatic carbocycles. The van der Waals surface area contributed by atoms with Crippen molar-refractivity contribution in [3.8, 4) is 17.2 Å². The summed E-state index contributed by atoms with van der Waals surface area (Å²) in [6.45, 7) is 0. The molecule has 2 N–H and O–H groups in total. The molecule has 3 nitrogen and oxygen atoms in total. The van der Waals surface area contributed by atoms with Crippen LogP contribution in [0.1, 0.15) is 5.56 Å². The molecule has 5 aromatic rings. The summed E-state index contributed by atoms with van der Waals surface area (Å²) in [6, 6.07) is 46.4. The molecule has 0 fully saturated rings. The Balaban J connectivity index is 2.03. The van der Waals surface area contributed by atoms with Gasteiger partial charge in [0.15, 0.2) is 8.07 Å². The van der Waals surface area contributed by atoms with Crippen molar-refractivity contribution in [2.24, 2.45) is 0 Å². The van der Waals surface area contributed by atoms with Crippen LogP contribution in [-0.4, -0.2) is 25.2 Å². The van der Waals surface area contributed by atoms with Crippen molar-refractivity contribution < 1.29 is 10.0 Å². The molecule has 5 heteroatoms. The van der Waals surface area contributed by atoms with Crippen LogP contribution >= 0.6 is 0 Å². The van der Waals surface area contributed by atoms with E-state index >= 15 is 0 Å². The van der Waals surface area contributed by atoms with Gasteiger partial charge in [0.2, 0.25) is 0 Å². The van der Waals surface area contributed by atoms with Gasteiger partial charge in [-0.3, -0.25) is 0 Å². The van der Waals surface area contributed by atoms with Gasteiger partial charge in [-0.15, -0.1) is 0 Å². The standard InChI is InChI=1S/C31H24BNO2Si/c33-23-29-28(24-13-5-1-6-14-24)21-22-30(32(34)35)31(29)36(25-15-7-2-8-16-25,26-17-9-3-10-18-26)27-19-11-4-12-20-27/h1-22,34-35H. The highest BCUT2D eigenvalue weighted by atomic mass is 28.3. The van der Waals surface area contributed by atoms with Crippen LogP contribution in [0.5, 0.6) is 0 Å². The zero-order valence-electron chi connectivity index (χ0n) is 19.6. The lowest BCUT2D eigenvalue weighted by atomic mass is 9.78. The van der Waals surface area contributed by atoms with Gasteiger partial charge >= 0.3 is 7.12 Å². The normalized spacial score (nSPS) is 11.0. The Kier molecular flexibility index (Phi) is 6.66.